The van der Waals surface area contributed by atoms with Gasteiger partial charge in [0.2, 0.25) is 0 Å². The van der Waals surface area contributed by atoms with E-state index in [0.29, 0.717) is 6.42 Å². The second kappa shape index (κ2) is 5.68. The Hall–Kier alpha value is -2.18. The molecular formula is C19H22N4O2. The van der Waals surface area contributed by atoms with Crippen molar-refractivity contribution in [3.8, 4) is 5.75 Å². The lowest BCUT2D eigenvalue weighted by Crippen LogP contribution is -2.44. The summed E-state index contributed by atoms with van der Waals surface area (Å²) in [4.78, 5) is 14.9. The van der Waals surface area contributed by atoms with Crippen molar-refractivity contribution in [1.29, 1.82) is 0 Å². The lowest BCUT2D eigenvalue weighted by Gasteiger charge is -2.34. The third-order valence-electron chi connectivity index (χ3n) is 5.50. The number of benzene rings is 1. The molecule has 25 heavy (non-hydrogen) atoms. The quantitative estimate of drug-likeness (QED) is 0.901. The van der Waals surface area contributed by atoms with Crippen molar-refractivity contribution in [2.75, 3.05) is 19.6 Å². The van der Waals surface area contributed by atoms with E-state index in [1.807, 2.05) is 24.3 Å². The minimum Gasteiger partial charge on any atom is -0.485 e. The van der Waals surface area contributed by atoms with E-state index in [0.717, 1.165) is 62.7 Å². The summed E-state index contributed by atoms with van der Waals surface area (Å²) in [5.74, 6) is 0.941. The van der Waals surface area contributed by atoms with Gasteiger partial charge in [-0.1, -0.05) is 12.1 Å². The van der Waals surface area contributed by atoms with Crippen molar-refractivity contribution in [2.24, 2.45) is 0 Å². The number of ketones is 1. The van der Waals surface area contributed by atoms with Crippen LogP contribution in [-0.2, 0) is 19.6 Å². The molecule has 0 bridgehead atoms. The highest BCUT2D eigenvalue weighted by Crippen LogP contribution is 2.38. The fourth-order valence-electron chi connectivity index (χ4n) is 4.29. The molecule has 3 aliphatic heterocycles. The van der Waals surface area contributed by atoms with Crippen LogP contribution in [0.2, 0.25) is 0 Å². The van der Waals surface area contributed by atoms with E-state index in [4.69, 9.17) is 9.84 Å². The topological polar surface area (TPSA) is 59.4 Å². The number of carbonyl (C=O) groups is 1. The molecule has 1 N–H and O–H groups in total. The van der Waals surface area contributed by atoms with E-state index in [1.165, 1.54) is 5.69 Å². The largest absolute Gasteiger partial charge is 0.485 e. The maximum absolute atomic E-state index is 12.5. The Morgan fingerprint density at radius 1 is 1.28 bits per heavy atom. The predicted octanol–water partition coefficient (Wildman–Crippen LogP) is 1.60. The number of rotatable bonds is 2. The molecule has 5 rings (SSSR count). The van der Waals surface area contributed by atoms with Crippen molar-refractivity contribution >= 4 is 5.78 Å². The molecule has 4 heterocycles. The third kappa shape index (κ3) is 2.65. The van der Waals surface area contributed by atoms with Crippen LogP contribution >= 0.6 is 0 Å². The summed E-state index contributed by atoms with van der Waals surface area (Å²) in [7, 11) is 0. The number of nitrogens with zero attached hydrogens (tertiary/aromatic N) is 3. The summed E-state index contributed by atoms with van der Waals surface area (Å²) in [6.07, 6.45) is 1.37. The maximum Gasteiger partial charge on any atom is 0.170 e. The summed E-state index contributed by atoms with van der Waals surface area (Å²) in [6.45, 7) is 5.36. The standard InChI is InChI=1S/C19H22N4O2/c24-17-10-19(25-18-4-2-1-3-16(17)18)5-7-22(13-19)12-14-9-15-11-20-6-8-23(15)21-14/h1-4,9,20H,5-8,10-13H2/t19-/m0/s1. The van der Waals surface area contributed by atoms with Gasteiger partial charge in [-0.15, -0.1) is 0 Å². The van der Waals surface area contributed by atoms with E-state index < -0.39 is 0 Å². The minimum absolute atomic E-state index is 0.201. The SMILES string of the molecule is O=C1C[C@]2(CCN(Cc3cc4n(n3)CCNC4)C2)Oc2ccccc21. The Balaban J connectivity index is 1.31. The van der Waals surface area contributed by atoms with Gasteiger partial charge in [0, 0.05) is 39.1 Å². The van der Waals surface area contributed by atoms with Crippen LogP contribution in [0.25, 0.3) is 0 Å². The molecule has 0 unspecified atom stereocenters. The summed E-state index contributed by atoms with van der Waals surface area (Å²) in [6, 6.07) is 9.80. The summed E-state index contributed by atoms with van der Waals surface area (Å²) >= 11 is 0. The first kappa shape index (κ1) is 15.1. The maximum atomic E-state index is 12.5. The highest BCUT2D eigenvalue weighted by molar-refractivity contribution is 6.00. The molecule has 0 radical (unpaired) electrons. The van der Waals surface area contributed by atoms with Crippen LogP contribution in [0.1, 0.15) is 34.6 Å². The molecule has 2 aromatic rings. The monoisotopic (exact) mass is 338 g/mol. The van der Waals surface area contributed by atoms with E-state index in [2.05, 4.69) is 21.0 Å². The van der Waals surface area contributed by atoms with E-state index in [9.17, 15) is 4.79 Å². The molecule has 0 amide bonds. The smallest absolute Gasteiger partial charge is 0.170 e. The number of aromatic nitrogens is 2. The summed E-state index contributed by atoms with van der Waals surface area (Å²) in [5, 5.41) is 8.10. The first-order chi connectivity index (χ1) is 12.2. The van der Waals surface area contributed by atoms with Gasteiger partial charge >= 0.3 is 0 Å². The van der Waals surface area contributed by atoms with E-state index in [1.54, 1.807) is 0 Å². The number of para-hydroxylation sites is 1. The number of ether oxygens (including phenoxy) is 1. The van der Waals surface area contributed by atoms with Gasteiger partial charge in [-0.2, -0.15) is 5.10 Å². The zero-order chi connectivity index (χ0) is 16.9. The Kier molecular flexibility index (Phi) is 3.43. The van der Waals surface area contributed by atoms with Gasteiger partial charge in [-0.3, -0.25) is 14.4 Å². The van der Waals surface area contributed by atoms with Gasteiger partial charge in [-0.25, -0.2) is 0 Å². The van der Waals surface area contributed by atoms with Crippen LogP contribution in [-0.4, -0.2) is 45.7 Å². The first-order valence-electron chi connectivity index (χ1n) is 9.01. The van der Waals surface area contributed by atoms with Gasteiger partial charge in [0.1, 0.15) is 11.4 Å². The Morgan fingerprint density at radius 3 is 3.12 bits per heavy atom. The zero-order valence-electron chi connectivity index (χ0n) is 14.2. The zero-order valence-corrected chi connectivity index (χ0v) is 14.2. The highest BCUT2D eigenvalue weighted by atomic mass is 16.5. The second-order valence-electron chi connectivity index (χ2n) is 7.37. The molecule has 0 aliphatic carbocycles. The molecule has 3 aliphatic rings. The van der Waals surface area contributed by atoms with Crippen LogP contribution < -0.4 is 10.1 Å². The molecule has 130 valence electrons. The number of carbonyl (C=O) groups excluding carboxylic acids is 1. The van der Waals surface area contributed by atoms with Crippen molar-refractivity contribution in [2.45, 2.75) is 38.1 Å². The van der Waals surface area contributed by atoms with Crippen molar-refractivity contribution < 1.29 is 9.53 Å². The van der Waals surface area contributed by atoms with Crippen LogP contribution in [0, 0.1) is 0 Å². The molecule has 1 fully saturated rings. The van der Waals surface area contributed by atoms with Crippen LogP contribution in [0.15, 0.2) is 30.3 Å². The first-order valence-corrected chi connectivity index (χ1v) is 9.01. The van der Waals surface area contributed by atoms with Crippen LogP contribution in [0.4, 0.5) is 0 Å². The van der Waals surface area contributed by atoms with Gasteiger partial charge < -0.3 is 10.1 Å². The minimum atomic E-state index is -0.369. The lowest BCUT2D eigenvalue weighted by molar-refractivity contribution is 0.0454. The predicted molar refractivity (Wildman–Crippen MR) is 92.6 cm³/mol. The molecule has 1 saturated heterocycles. The molecule has 1 aromatic heterocycles. The Labute approximate surface area is 146 Å². The summed E-state index contributed by atoms with van der Waals surface area (Å²) < 4.78 is 8.41. The number of nitrogens with one attached hydrogen (secondary N) is 1. The Morgan fingerprint density at radius 2 is 2.20 bits per heavy atom. The van der Waals surface area contributed by atoms with Crippen molar-refractivity contribution in [3.63, 3.8) is 0 Å². The number of hydrogen-bond acceptors (Lipinski definition) is 5. The number of likely N-dealkylation sites (tertiary alicyclic amines) is 1. The normalized spacial score (nSPS) is 25.7. The van der Waals surface area contributed by atoms with E-state index in [-0.39, 0.29) is 11.4 Å². The number of Topliss-reactive ketones (excluding diaryl/α,β-unsaturated/α-hetero) is 1. The average Bonchev–Trinajstić information content (AvgIpc) is 3.18. The van der Waals surface area contributed by atoms with Gasteiger partial charge in [0.25, 0.3) is 0 Å². The fourth-order valence-corrected chi connectivity index (χ4v) is 4.29. The molecule has 1 atom stereocenters. The molecular weight excluding hydrogens is 316 g/mol. The van der Waals surface area contributed by atoms with Gasteiger partial charge in [0.05, 0.1) is 29.9 Å². The Bertz CT molecular complexity index is 807. The highest BCUT2D eigenvalue weighted by Gasteiger charge is 2.45. The van der Waals surface area contributed by atoms with Crippen LogP contribution in [0.5, 0.6) is 5.75 Å². The molecule has 6 nitrogen and oxygen atoms in total. The summed E-state index contributed by atoms with van der Waals surface area (Å²) in [5.41, 5.74) is 2.72. The van der Waals surface area contributed by atoms with Gasteiger partial charge in [0.15, 0.2) is 5.78 Å². The lowest BCUT2D eigenvalue weighted by atomic mass is 9.89. The molecule has 1 spiro atoms. The third-order valence-corrected chi connectivity index (χ3v) is 5.50. The number of hydrogen-bond donors (Lipinski definition) is 1. The van der Waals surface area contributed by atoms with E-state index >= 15 is 0 Å². The fraction of sp³-hybridized carbons (Fsp3) is 0.474. The second-order valence-corrected chi connectivity index (χ2v) is 7.37. The van der Waals surface area contributed by atoms with Crippen LogP contribution in [0.3, 0.4) is 0 Å². The van der Waals surface area contributed by atoms with Gasteiger partial charge in [-0.05, 0) is 18.2 Å². The number of fused-ring (bicyclic) bond motifs is 2. The molecule has 6 heteroatoms. The molecule has 1 aromatic carbocycles. The average molecular weight is 338 g/mol. The van der Waals surface area contributed by atoms with Crippen molar-refractivity contribution in [3.05, 3.63) is 47.3 Å². The van der Waals surface area contributed by atoms with Crippen molar-refractivity contribution in [1.82, 2.24) is 20.0 Å². The molecule has 0 saturated carbocycles.